The molecule has 0 heterocycles. The molecule has 2 aromatic carbocycles. The van der Waals surface area contributed by atoms with Gasteiger partial charge in [0.05, 0.1) is 20.4 Å². The average molecular weight is 386 g/mol. The molecule has 0 aliphatic carbocycles. The van der Waals surface area contributed by atoms with Crippen molar-refractivity contribution in [3.63, 3.8) is 0 Å². The number of hydrazone groups is 1. The number of ether oxygens (including phenoxy) is 3. The van der Waals surface area contributed by atoms with Crippen LogP contribution in [0.4, 0.5) is 0 Å². The number of phenolic OH excluding ortho intramolecular Hbond substituents is 1. The summed E-state index contributed by atoms with van der Waals surface area (Å²) in [5, 5.41) is 13.8. The van der Waals surface area contributed by atoms with Crippen molar-refractivity contribution < 1.29 is 24.1 Å². The van der Waals surface area contributed by atoms with Crippen LogP contribution in [0.5, 0.6) is 23.0 Å². The molecule has 0 aliphatic rings. The van der Waals surface area contributed by atoms with E-state index in [0.29, 0.717) is 11.3 Å². The first-order valence-electron chi connectivity index (χ1n) is 8.86. The molecule has 2 N–H and O–H groups in total. The van der Waals surface area contributed by atoms with E-state index in [-0.39, 0.29) is 35.7 Å². The SMILES string of the molecule is COc1cc(/C=N\NC(=O)COc2cc(C)ccc2C(C)C)cc(OC)c1O. The molecule has 0 aliphatic heterocycles. The maximum absolute atomic E-state index is 12.0. The minimum atomic E-state index is -0.384. The third-order valence-electron chi connectivity index (χ3n) is 4.05. The minimum Gasteiger partial charge on any atom is -0.502 e. The number of hydrogen-bond acceptors (Lipinski definition) is 6. The van der Waals surface area contributed by atoms with Crippen molar-refractivity contribution in [3.8, 4) is 23.0 Å². The van der Waals surface area contributed by atoms with Gasteiger partial charge in [0.15, 0.2) is 18.1 Å². The summed E-state index contributed by atoms with van der Waals surface area (Å²) in [6, 6.07) is 9.10. The topological polar surface area (TPSA) is 89.4 Å². The van der Waals surface area contributed by atoms with E-state index >= 15 is 0 Å². The number of methoxy groups -OCH3 is 2. The highest BCUT2D eigenvalue weighted by molar-refractivity contribution is 5.84. The molecular weight excluding hydrogens is 360 g/mol. The maximum atomic E-state index is 12.0. The molecular formula is C21H26N2O5. The quantitative estimate of drug-likeness (QED) is 0.536. The van der Waals surface area contributed by atoms with Crippen LogP contribution in [-0.2, 0) is 4.79 Å². The predicted octanol–water partition coefficient (Wildman–Crippen LogP) is 3.37. The van der Waals surface area contributed by atoms with E-state index in [9.17, 15) is 9.90 Å². The number of rotatable bonds is 8. The number of nitrogens with one attached hydrogen (secondary N) is 1. The lowest BCUT2D eigenvalue weighted by atomic mass is 10.0. The van der Waals surface area contributed by atoms with Crippen LogP contribution >= 0.6 is 0 Å². The number of nitrogens with zero attached hydrogens (tertiary/aromatic N) is 1. The lowest BCUT2D eigenvalue weighted by molar-refractivity contribution is -0.123. The Bertz CT molecular complexity index is 837. The summed E-state index contributed by atoms with van der Waals surface area (Å²) in [6.45, 7) is 5.97. The summed E-state index contributed by atoms with van der Waals surface area (Å²) in [5.41, 5.74) is 5.12. The molecule has 2 rings (SSSR count). The number of aryl methyl sites for hydroxylation is 1. The van der Waals surface area contributed by atoms with Gasteiger partial charge in [0, 0.05) is 5.56 Å². The zero-order chi connectivity index (χ0) is 20.7. The van der Waals surface area contributed by atoms with Gasteiger partial charge in [-0.2, -0.15) is 5.10 Å². The summed E-state index contributed by atoms with van der Waals surface area (Å²) in [6.07, 6.45) is 1.43. The molecule has 2 aromatic rings. The zero-order valence-corrected chi connectivity index (χ0v) is 16.8. The number of benzene rings is 2. The first kappa shape index (κ1) is 21.1. The fourth-order valence-electron chi connectivity index (χ4n) is 2.59. The highest BCUT2D eigenvalue weighted by Gasteiger charge is 2.11. The van der Waals surface area contributed by atoms with Crippen molar-refractivity contribution in [1.29, 1.82) is 0 Å². The van der Waals surface area contributed by atoms with Gasteiger partial charge in [-0.25, -0.2) is 5.43 Å². The summed E-state index contributed by atoms with van der Waals surface area (Å²) in [7, 11) is 2.87. The van der Waals surface area contributed by atoms with Crippen molar-refractivity contribution in [2.45, 2.75) is 26.7 Å². The smallest absolute Gasteiger partial charge is 0.277 e. The van der Waals surface area contributed by atoms with Crippen LogP contribution in [0.2, 0.25) is 0 Å². The highest BCUT2D eigenvalue weighted by Crippen LogP contribution is 2.36. The lowest BCUT2D eigenvalue weighted by Crippen LogP contribution is -2.25. The van der Waals surface area contributed by atoms with Gasteiger partial charge in [-0.1, -0.05) is 26.0 Å². The Morgan fingerprint density at radius 1 is 1.14 bits per heavy atom. The standard InChI is InChI=1S/C21H26N2O5/c1-13(2)16-7-6-14(3)8-17(16)28-12-20(24)23-22-11-15-9-18(26-4)21(25)19(10-15)27-5/h6-11,13,25H,12H2,1-5H3,(H,23,24)/b22-11-. The molecule has 150 valence electrons. The van der Waals surface area contributed by atoms with Crippen LogP contribution in [0, 0.1) is 6.92 Å². The first-order chi connectivity index (χ1) is 13.3. The molecule has 0 atom stereocenters. The van der Waals surface area contributed by atoms with E-state index in [0.717, 1.165) is 11.1 Å². The van der Waals surface area contributed by atoms with E-state index < -0.39 is 0 Å². The van der Waals surface area contributed by atoms with Crippen molar-refractivity contribution in [2.24, 2.45) is 5.10 Å². The second-order valence-corrected chi connectivity index (χ2v) is 6.55. The largest absolute Gasteiger partial charge is 0.502 e. The summed E-state index contributed by atoms with van der Waals surface area (Å²) in [5.74, 6) is 0.995. The Morgan fingerprint density at radius 3 is 2.36 bits per heavy atom. The van der Waals surface area contributed by atoms with Gasteiger partial charge in [0.25, 0.3) is 5.91 Å². The third kappa shape index (κ3) is 5.39. The summed E-state index contributed by atoms with van der Waals surface area (Å²) >= 11 is 0. The van der Waals surface area contributed by atoms with E-state index in [4.69, 9.17) is 14.2 Å². The van der Waals surface area contributed by atoms with Crippen LogP contribution in [0.1, 0.15) is 36.5 Å². The summed E-state index contributed by atoms with van der Waals surface area (Å²) in [4.78, 5) is 12.0. The Kier molecular flexibility index (Phi) is 7.26. The number of aromatic hydroxyl groups is 1. The fourth-order valence-corrected chi connectivity index (χ4v) is 2.59. The van der Waals surface area contributed by atoms with Crippen LogP contribution in [0.3, 0.4) is 0 Å². The number of phenols is 1. The molecule has 0 fully saturated rings. The van der Waals surface area contributed by atoms with Gasteiger partial charge in [-0.05, 0) is 42.2 Å². The van der Waals surface area contributed by atoms with Gasteiger partial charge in [0.2, 0.25) is 5.75 Å². The van der Waals surface area contributed by atoms with Gasteiger partial charge in [0.1, 0.15) is 5.75 Å². The second-order valence-electron chi connectivity index (χ2n) is 6.55. The van der Waals surface area contributed by atoms with Gasteiger partial charge in [-0.3, -0.25) is 4.79 Å². The predicted molar refractivity (Wildman–Crippen MR) is 108 cm³/mol. The van der Waals surface area contributed by atoms with Crippen LogP contribution in [0.15, 0.2) is 35.4 Å². The molecule has 0 saturated heterocycles. The van der Waals surface area contributed by atoms with Crippen molar-refractivity contribution in [3.05, 3.63) is 47.0 Å². The Labute approximate surface area is 164 Å². The van der Waals surface area contributed by atoms with E-state index in [1.165, 1.54) is 20.4 Å². The van der Waals surface area contributed by atoms with Gasteiger partial charge < -0.3 is 19.3 Å². The lowest BCUT2D eigenvalue weighted by Gasteiger charge is -2.14. The Morgan fingerprint density at radius 2 is 1.79 bits per heavy atom. The molecule has 0 aromatic heterocycles. The molecule has 0 spiro atoms. The monoisotopic (exact) mass is 386 g/mol. The first-order valence-corrected chi connectivity index (χ1v) is 8.86. The average Bonchev–Trinajstić information content (AvgIpc) is 2.67. The third-order valence-corrected chi connectivity index (χ3v) is 4.05. The van der Waals surface area contributed by atoms with Crippen LogP contribution in [-0.4, -0.2) is 38.1 Å². The van der Waals surface area contributed by atoms with Crippen molar-refractivity contribution >= 4 is 12.1 Å². The van der Waals surface area contributed by atoms with Crippen LogP contribution < -0.4 is 19.6 Å². The Balaban J connectivity index is 1.99. The van der Waals surface area contributed by atoms with E-state index in [1.54, 1.807) is 12.1 Å². The number of hydrogen-bond donors (Lipinski definition) is 2. The summed E-state index contributed by atoms with van der Waals surface area (Å²) < 4.78 is 15.8. The number of carbonyl (C=O) groups is 1. The molecule has 0 radical (unpaired) electrons. The molecule has 7 nitrogen and oxygen atoms in total. The molecule has 1 amide bonds. The molecule has 28 heavy (non-hydrogen) atoms. The number of amides is 1. The van der Waals surface area contributed by atoms with Crippen molar-refractivity contribution in [2.75, 3.05) is 20.8 Å². The van der Waals surface area contributed by atoms with Gasteiger partial charge >= 0.3 is 0 Å². The Hall–Kier alpha value is -3.22. The molecule has 0 saturated carbocycles. The number of carbonyl (C=O) groups excluding carboxylic acids is 1. The normalized spacial score (nSPS) is 10.9. The van der Waals surface area contributed by atoms with Crippen LogP contribution in [0.25, 0.3) is 0 Å². The maximum Gasteiger partial charge on any atom is 0.277 e. The minimum absolute atomic E-state index is 0.0984. The van der Waals surface area contributed by atoms with Crippen molar-refractivity contribution in [1.82, 2.24) is 5.43 Å². The van der Waals surface area contributed by atoms with E-state index in [2.05, 4.69) is 24.4 Å². The second kappa shape index (κ2) is 9.64. The fraction of sp³-hybridized carbons (Fsp3) is 0.333. The highest BCUT2D eigenvalue weighted by atomic mass is 16.5. The molecule has 0 bridgehead atoms. The zero-order valence-electron chi connectivity index (χ0n) is 16.8. The molecule has 0 unspecified atom stereocenters. The molecule has 7 heteroatoms. The van der Waals surface area contributed by atoms with E-state index in [1.807, 2.05) is 25.1 Å². The van der Waals surface area contributed by atoms with Gasteiger partial charge in [-0.15, -0.1) is 0 Å².